The number of nitrogens with one attached hydrogen (secondary N) is 1. The Morgan fingerprint density at radius 3 is 3.00 bits per heavy atom. The lowest BCUT2D eigenvalue weighted by atomic mass is 10.2. The van der Waals surface area contributed by atoms with E-state index in [0.717, 1.165) is 25.9 Å². The zero-order chi connectivity index (χ0) is 11.3. The molecule has 2 atom stereocenters. The summed E-state index contributed by atoms with van der Waals surface area (Å²) in [5, 5.41) is 3.27. The van der Waals surface area contributed by atoms with E-state index in [1.54, 1.807) is 7.11 Å². The molecule has 4 heteroatoms. The van der Waals surface area contributed by atoms with Crippen molar-refractivity contribution < 1.29 is 9.53 Å². The number of likely N-dealkylation sites (tertiary alicyclic amines) is 1. The highest BCUT2D eigenvalue weighted by molar-refractivity contribution is 5.83. The van der Waals surface area contributed by atoms with Crippen LogP contribution in [0.15, 0.2) is 0 Å². The van der Waals surface area contributed by atoms with Crippen LogP contribution >= 0.6 is 0 Å². The lowest BCUT2D eigenvalue weighted by Crippen LogP contribution is -2.41. The van der Waals surface area contributed by atoms with Crippen molar-refractivity contribution in [1.29, 1.82) is 0 Å². The van der Waals surface area contributed by atoms with Crippen LogP contribution in [0.4, 0.5) is 0 Å². The summed E-state index contributed by atoms with van der Waals surface area (Å²) in [7, 11) is 1.68. The summed E-state index contributed by atoms with van der Waals surface area (Å²) in [5.41, 5.74) is 0. The Morgan fingerprint density at radius 2 is 2.40 bits per heavy atom. The van der Waals surface area contributed by atoms with Crippen LogP contribution in [-0.2, 0) is 9.53 Å². The minimum Gasteiger partial charge on any atom is -0.380 e. The van der Waals surface area contributed by atoms with Gasteiger partial charge in [-0.2, -0.15) is 0 Å². The van der Waals surface area contributed by atoms with Gasteiger partial charge in [-0.05, 0) is 26.3 Å². The van der Waals surface area contributed by atoms with E-state index in [2.05, 4.69) is 12.2 Å². The van der Waals surface area contributed by atoms with Crippen LogP contribution in [-0.4, -0.2) is 49.7 Å². The highest BCUT2D eigenvalue weighted by Crippen LogP contribution is 2.12. The molecule has 1 fully saturated rings. The Balaban J connectivity index is 2.35. The molecule has 1 rings (SSSR count). The number of nitrogens with zero attached hydrogens (tertiary/aromatic N) is 1. The lowest BCUT2D eigenvalue weighted by molar-refractivity contribution is -0.130. The largest absolute Gasteiger partial charge is 0.380 e. The number of methoxy groups -OCH3 is 1. The first-order chi connectivity index (χ1) is 7.19. The van der Waals surface area contributed by atoms with Crippen molar-refractivity contribution in [3.05, 3.63) is 0 Å². The normalized spacial score (nSPS) is 23.5. The van der Waals surface area contributed by atoms with Gasteiger partial charge < -0.3 is 15.0 Å². The summed E-state index contributed by atoms with van der Waals surface area (Å²) < 4.78 is 5.16. The van der Waals surface area contributed by atoms with Gasteiger partial charge in [0, 0.05) is 20.2 Å². The van der Waals surface area contributed by atoms with Crippen LogP contribution < -0.4 is 5.32 Å². The highest BCUT2D eigenvalue weighted by atomic mass is 16.5. The molecule has 0 bridgehead atoms. The minimum atomic E-state index is 0.0361. The summed E-state index contributed by atoms with van der Waals surface area (Å²) in [6, 6.07) is 0.0361. The van der Waals surface area contributed by atoms with E-state index in [9.17, 15) is 4.79 Å². The van der Waals surface area contributed by atoms with Crippen molar-refractivity contribution in [2.75, 3.05) is 26.7 Å². The number of amides is 1. The fraction of sp³-hybridized carbons (Fsp3) is 0.909. The van der Waals surface area contributed by atoms with Gasteiger partial charge in [-0.15, -0.1) is 0 Å². The lowest BCUT2D eigenvalue weighted by Gasteiger charge is -2.20. The Labute approximate surface area is 92.0 Å². The zero-order valence-corrected chi connectivity index (χ0v) is 9.95. The zero-order valence-electron chi connectivity index (χ0n) is 9.95. The van der Waals surface area contributed by atoms with E-state index in [4.69, 9.17) is 4.74 Å². The number of rotatable bonds is 6. The van der Waals surface area contributed by atoms with Crippen LogP contribution in [0.1, 0.15) is 26.7 Å². The summed E-state index contributed by atoms with van der Waals surface area (Å²) in [4.78, 5) is 13.8. The van der Waals surface area contributed by atoms with Crippen LogP contribution in [0, 0.1) is 0 Å². The molecular formula is C11H22N2O2. The van der Waals surface area contributed by atoms with Crippen molar-refractivity contribution in [2.24, 2.45) is 0 Å². The predicted octanol–water partition coefficient (Wildman–Crippen LogP) is 0.622. The monoisotopic (exact) mass is 214 g/mol. The number of carbonyl (C=O) groups excluding carboxylic acids is 1. The summed E-state index contributed by atoms with van der Waals surface area (Å²) in [6.07, 6.45) is 2.12. The second-order valence-electron chi connectivity index (χ2n) is 4.13. The maximum atomic E-state index is 11.9. The molecule has 1 N–H and O–H groups in total. The van der Waals surface area contributed by atoms with E-state index in [0.29, 0.717) is 6.54 Å². The Bertz CT molecular complexity index is 209. The third-order valence-electron chi connectivity index (χ3n) is 2.82. The number of hydrogen-bond donors (Lipinski definition) is 1. The molecule has 4 nitrogen and oxygen atoms in total. The first-order valence-electron chi connectivity index (χ1n) is 5.74. The quantitative estimate of drug-likeness (QED) is 0.705. The molecule has 1 heterocycles. The van der Waals surface area contributed by atoms with Crippen LogP contribution in [0.2, 0.25) is 0 Å². The van der Waals surface area contributed by atoms with Crippen molar-refractivity contribution in [2.45, 2.75) is 38.8 Å². The van der Waals surface area contributed by atoms with Crippen molar-refractivity contribution in [3.63, 3.8) is 0 Å². The van der Waals surface area contributed by atoms with E-state index < -0.39 is 0 Å². The molecular weight excluding hydrogens is 192 g/mol. The maximum Gasteiger partial charge on any atom is 0.239 e. The summed E-state index contributed by atoms with van der Waals surface area (Å²) in [6.45, 7) is 6.58. The molecule has 1 aliphatic rings. The van der Waals surface area contributed by atoms with Crippen LogP contribution in [0.25, 0.3) is 0 Å². The average molecular weight is 214 g/mol. The molecule has 0 aromatic heterocycles. The van der Waals surface area contributed by atoms with Gasteiger partial charge in [-0.25, -0.2) is 0 Å². The standard InChI is InChI=1S/C11H22N2O2/c1-4-6-12-10-5-7-13(11(10)14)8-9(2)15-3/h9-10,12H,4-8H2,1-3H3. The van der Waals surface area contributed by atoms with E-state index in [1.807, 2.05) is 11.8 Å². The van der Waals surface area contributed by atoms with Crippen molar-refractivity contribution in [3.8, 4) is 0 Å². The third kappa shape index (κ3) is 3.47. The van der Waals surface area contributed by atoms with Crippen molar-refractivity contribution in [1.82, 2.24) is 10.2 Å². The molecule has 1 amide bonds. The number of carbonyl (C=O) groups is 1. The SMILES string of the molecule is CCCNC1CCN(CC(C)OC)C1=O. The maximum absolute atomic E-state index is 11.9. The minimum absolute atomic E-state index is 0.0361. The molecule has 0 spiro atoms. The van der Waals surface area contributed by atoms with E-state index in [-0.39, 0.29) is 18.1 Å². The third-order valence-corrected chi connectivity index (χ3v) is 2.82. The van der Waals surface area contributed by atoms with Gasteiger partial charge >= 0.3 is 0 Å². The molecule has 0 aromatic carbocycles. The summed E-state index contributed by atoms with van der Waals surface area (Å²) >= 11 is 0. The van der Waals surface area contributed by atoms with Crippen LogP contribution in [0.5, 0.6) is 0 Å². The Hall–Kier alpha value is -0.610. The van der Waals surface area contributed by atoms with Gasteiger partial charge in [0.1, 0.15) is 0 Å². The number of hydrogen-bond acceptors (Lipinski definition) is 3. The van der Waals surface area contributed by atoms with Gasteiger partial charge in [-0.1, -0.05) is 6.92 Å². The molecule has 1 aliphatic heterocycles. The molecule has 0 radical (unpaired) electrons. The predicted molar refractivity (Wildman–Crippen MR) is 59.7 cm³/mol. The number of ether oxygens (including phenoxy) is 1. The second kappa shape index (κ2) is 6.08. The molecule has 0 saturated carbocycles. The highest BCUT2D eigenvalue weighted by Gasteiger charge is 2.31. The van der Waals surface area contributed by atoms with Gasteiger partial charge in [0.15, 0.2) is 0 Å². The average Bonchev–Trinajstić information content (AvgIpc) is 2.57. The first kappa shape index (κ1) is 12.5. The molecule has 0 aliphatic carbocycles. The Kier molecular flexibility index (Phi) is 5.05. The fourth-order valence-corrected chi connectivity index (χ4v) is 1.81. The molecule has 1 saturated heterocycles. The fourth-order valence-electron chi connectivity index (χ4n) is 1.81. The molecule has 0 aromatic rings. The molecule has 2 unspecified atom stereocenters. The first-order valence-corrected chi connectivity index (χ1v) is 5.74. The molecule has 15 heavy (non-hydrogen) atoms. The van der Waals surface area contributed by atoms with E-state index in [1.165, 1.54) is 0 Å². The van der Waals surface area contributed by atoms with Crippen molar-refractivity contribution >= 4 is 5.91 Å². The van der Waals surface area contributed by atoms with Gasteiger partial charge in [0.05, 0.1) is 12.1 Å². The van der Waals surface area contributed by atoms with Gasteiger partial charge in [0.25, 0.3) is 0 Å². The second-order valence-corrected chi connectivity index (χ2v) is 4.13. The topological polar surface area (TPSA) is 41.6 Å². The molecule has 88 valence electrons. The van der Waals surface area contributed by atoms with Gasteiger partial charge in [0.2, 0.25) is 5.91 Å². The Morgan fingerprint density at radius 1 is 1.67 bits per heavy atom. The van der Waals surface area contributed by atoms with E-state index >= 15 is 0 Å². The van der Waals surface area contributed by atoms with Crippen LogP contribution in [0.3, 0.4) is 0 Å². The smallest absolute Gasteiger partial charge is 0.239 e. The van der Waals surface area contributed by atoms with Gasteiger partial charge in [-0.3, -0.25) is 4.79 Å². The summed E-state index contributed by atoms with van der Waals surface area (Å²) in [5.74, 6) is 0.229.